The van der Waals surface area contributed by atoms with Gasteiger partial charge in [0.15, 0.2) is 0 Å². The molecule has 0 radical (unpaired) electrons. The van der Waals surface area contributed by atoms with E-state index < -0.39 is 12.0 Å². The maximum absolute atomic E-state index is 11.9. The van der Waals surface area contributed by atoms with Crippen LogP contribution in [0.1, 0.15) is 30.9 Å². The highest BCUT2D eigenvalue weighted by molar-refractivity contribution is 5.84. The molecular formula is C15H20N2O3. The van der Waals surface area contributed by atoms with E-state index in [1.165, 1.54) is 11.1 Å². The Hall–Kier alpha value is -1.88. The van der Waals surface area contributed by atoms with E-state index in [1.807, 2.05) is 24.0 Å². The number of carboxylic acid groups (broad SMARTS) is 1. The fraction of sp³-hybridized carbons (Fsp3) is 0.467. The summed E-state index contributed by atoms with van der Waals surface area (Å²) >= 11 is 0. The minimum Gasteiger partial charge on any atom is -0.480 e. The lowest BCUT2D eigenvalue weighted by molar-refractivity contribution is -0.142. The van der Waals surface area contributed by atoms with Crippen LogP contribution in [0.2, 0.25) is 0 Å². The Morgan fingerprint density at radius 2 is 1.90 bits per heavy atom. The molecule has 20 heavy (non-hydrogen) atoms. The first kappa shape index (κ1) is 14.5. The van der Waals surface area contributed by atoms with E-state index in [0.717, 1.165) is 19.5 Å². The smallest absolute Gasteiger partial charge is 0.326 e. The van der Waals surface area contributed by atoms with Gasteiger partial charge in [0.05, 0.1) is 6.54 Å². The Morgan fingerprint density at radius 1 is 1.30 bits per heavy atom. The number of carboxylic acids is 1. The highest BCUT2D eigenvalue weighted by Crippen LogP contribution is 2.21. The summed E-state index contributed by atoms with van der Waals surface area (Å²) in [6.45, 7) is 3.63. The molecule has 0 saturated heterocycles. The summed E-state index contributed by atoms with van der Waals surface area (Å²) in [6, 6.07) is 7.32. The minimum atomic E-state index is -0.968. The molecular weight excluding hydrogens is 256 g/mol. The van der Waals surface area contributed by atoms with E-state index in [2.05, 4.69) is 17.4 Å². The van der Waals surface area contributed by atoms with Crippen LogP contribution in [-0.2, 0) is 22.7 Å². The third-order valence-corrected chi connectivity index (χ3v) is 3.48. The molecule has 1 heterocycles. The predicted octanol–water partition coefficient (Wildman–Crippen LogP) is 1.37. The third kappa shape index (κ3) is 3.57. The number of amides is 1. The topological polar surface area (TPSA) is 69.6 Å². The van der Waals surface area contributed by atoms with Gasteiger partial charge in [0.2, 0.25) is 5.91 Å². The molecule has 0 spiro atoms. The van der Waals surface area contributed by atoms with Crippen LogP contribution in [0, 0.1) is 0 Å². The van der Waals surface area contributed by atoms with Crippen molar-refractivity contribution in [3.63, 3.8) is 0 Å². The average Bonchev–Trinajstić information content (AvgIpc) is 2.79. The van der Waals surface area contributed by atoms with E-state index in [4.69, 9.17) is 5.11 Å². The van der Waals surface area contributed by atoms with Crippen LogP contribution in [0.15, 0.2) is 24.3 Å². The second-order valence-electron chi connectivity index (χ2n) is 5.16. The van der Waals surface area contributed by atoms with Crippen LogP contribution >= 0.6 is 0 Å². The number of rotatable bonds is 6. The van der Waals surface area contributed by atoms with Crippen molar-refractivity contribution < 1.29 is 14.7 Å². The average molecular weight is 276 g/mol. The second kappa shape index (κ2) is 6.52. The van der Waals surface area contributed by atoms with Gasteiger partial charge in [-0.25, -0.2) is 4.79 Å². The first-order valence-electron chi connectivity index (χ1n) is 6.91. The summed E-state index contributed by atoms with van der Waals surface area (Å²) in [5, 5.41) is 11.6. The van der Waals surface area contributed by atoms with Gasteiger partial charge in [0, 0.05) is 13.1 Å². The predicted molar refractivity (Wildman–Crippen MR) is 75.0 cm³/mol. The van der Waals surface area contributed by atoms with Gasteiger partial charge in [0.1, 0.15) is 6.04 Å². The van der Waals surface area contributed by atoms with E-state index in [0.29, 0.717) is 6.42 Å². The number of benzene rings is 1. The number of hydrogen-bond acceptors (Lipinski definition) is 3. The largest absolute Gasteiger partial charge is 0.480 e. The van der Waals surface area contributed by atoms with Crippen LogP contribution < -0.4 is 5.32 Å². The maximum atomic E-state index is 11.9. The van der Waals surface area contributed by atoms with Gasteiger partial charge < -0.3 is 10.4 Å². The molecule has 1 aromatic rings. The summed E-state index contributed by atoms with van der Waals surface area (Å²) in [4.78, 5) is 25.0. The van der Waals surface area contributed by atoms with Gasteiger partial charge in [-0.1, -0.05) is 37.6 Å². The van der Waals surface area contributed by atoms with Crippen LogP contribution in [0.25, 0.3) is 0 Å². The number of carbonyl (C=O) groups excluding carboxylic acids is 1. The molecule has 0 aliphatic carbocycles. The molecule has 2 N–H and O–H groups in total. The normalized spacial score (nSPS) is 15.7. The zero-order valence-electron chi connectivity index (χ0n) is 11.6. The molecule has 5 nitrogen and oxygen atoms in total. The number of carbonyl (C=O) groups is 2. The zero-order chi connectivity index (χ0) is 14.5. The van der Waals surface area contributed by atoms with Gasteiger partial charge in [-0.05, 0) is 17.5 Å². The highest BCUT2D eigenvalue weighted by atomic mass is 16.4. The molecule has 2 rings (SSSR count). The van der Waals surface area contributed by atoms with Gasteiger partial charge >= 0.3 is 5.97 Å². The Kier molecular flexibility index (Phi) is 4.74. The number of nitrogens with one attached hydrogen (secondary N) is 1. The number of nitrogens with zero attached hydrogens (tertiary/aromatic N) is 1. The third-order valence-electron chi connectivity index (χ3n) is 3.48. The SMILES string of the molecule is CCC[C@H](NC(=O)CN1Cc2ccccc2C1)C(=O)O. The highest BCUT2D eigenvalue weighted by Gasteiger charge is 2.23. The molecule has 0 aromatic heterocycles. The van der Waals surface area contributed by atoms with Crippen molar-refractivity contribution >= 4 is 11.9 Å². The van der Waals surface area contributed by atoms with Crippen molar-refractivity contribution in [2.45, 2.75) is 38.9 Å². The number of fused-ring (bicyclic) bond motifs is 1. The molecule has 108 valence electrons. The summed E-state index contributed by atoms with van der Waals surface area (Å²) in [7, 11) is 0. The van der Waals surface area contributed by atoms with Gasteiger partial charge in [-0.15, -0.1) is 0 Å². The van der Waals surface area contributed by atoms with Gasteiger partial charge in [0.25, 0.3) is 0 Å². The van der Waals surface area contributed by atoms with Crippen molar-refractivity contribution in [3.05, 3.63) is 35.4 Å². The first-order valence-corrected chi connectivity index (χ1v) is 6.91. The molecule has 0 unspecified atom stereocenters. The monoisotopic (exact) mass is 276 g/mol. The standard InChI is InChI=1S/C15H20N2O3/c1-2-5-13(15(19)20)16-14(18)10-17-8-11-6-3-4-7-12(11)9-17/h3-4,6-7,13H,2,5,8-10H2,1H3,(H,16,18)(H,19,20)/t13-/m0/s1. The fourth-order valence-corrected chi connectivity index (χ4v) is 2.50. The first-order chi connectivity index (χ1) is 9.60. The molecule has 1 atom stereocenters. The Morgan fingerprint density at radius 3 is 2.40 bits per heavy atom. The van der Waals surface area contributed by atoms with Gasteiger partial charge in [-0.2, -0.15) is 0 Å². The van der Waals surface area contributed by atoms with Crippen molar-refractivity contribution in [2.24, 2.45) is 0 Å². The molecule has 0 bridgehead atoms. The van der Waals surface area contributed by atoms with E-state index >= 15 is 0 Å². The molecule has 1 amide bonds. The van der Waals surface area contributed by atoms with Crippen LogP contribution in [0.5, 0.6) is 0 Å². The lowest BCUT2D eigenvalue weighted by atomic mass is 10.1. The molecule has 5 heteroatoms. The molecule has 1 aliphatic heterocycles. The van der Waals surface area contributed by atoms with E-state index in [-0.39, 0.29) is 12.5 Å². The second-order valence-corrected chi connectivity index (χ2v) is 5.16. The molecule has 1 aromatic carbocycles. The lowest BCUT2D eigenvalue weighted by Gasteiger charge is -2.17. The number of hydrogen-bond donors (Lipinski definition) is 2. The molecule has 0 saturated carbocycles. The Balaban J connectivity index is 1.86. The van der Waals surface area contributed by atoms with E-state index in [1.54, 1.807) is 0 Å². The van der Waals surface area contributed by atoms with E-state index in [9.17, 15) is 9.59 Å². The molecule has 1 aliphatic rings. The minimum absolute atomic E-state index is 0.223. The van der Waals surface area contributed by atoms with Crippen LogP contribution in [0.3, 0.4) is 0 Å². The summed E-state index contributed by atoms with van der Waals surface area (Å²) in [5.41, 5.74) is 2.48. The van der Waals surface area contributed by atoms with Crippen molar-refractivity contribution in [2.75, 3.05) is 6.54 Å². The maximum Gasteiger partial charge on any atom is 0.326 e. The molecule has 0 fully saturated rings. The lowest BCUT2D eigenvalue weighted by Crippen LogP contribution is -2.44. The van der Waals surface area contributed by atoms with Crippen molar-refractivity contribution in [3.8, 4) is 0 Å². The van der Waals surface area contributed by atoms with Crippen molar-refractivity contribution in [1.29, 1.82) is 0 Å². The number of aliphatic carboxylic acids is 1. The summed E-state index contributed by atoms with van der Waals surface area (Å²) < 4.78 is 0. The Labute approximate surface area is 118 Å². The van der Waals surface area contributed by atoms with Crippen LogP contribution in [0.4, 0.5) is 0 Å². The Bertz CT molecular complexity index is 477. The fourth-order valence-electron chi connectivity index (χ4n) is 2.50. The van der Waals surface area contributed by atoms with Crippen LogP contribution in [-0.4, -0.2) is 34.5 Å². The zero-order valence-corrected chi connectivity index (χ0v) is 11.6. The van der Waals surface area contributed by atoms with Gasteiger partial charge in [-0.3, -0.25) is 9.69 Å². The van der Waals surface area contributed by atoms with Crippen molar-refractivity contribution in [1.82, 2.24) is 10.2 Å². The summed E-state index contributed by atoms with van der Waals surface area (Å²) in [5.74, 6) is -1.19. The summed E-state index contributed by atoms with van der Waals surface area (Å²) in [6.07, 6.45) is 1.19. The quantitative estimate of drug-likeness (QED) is 0.823.